The first kappa shape index (κ1) is 29.7. The van der Waals surface area contributed by atoms with Crippen molar-refractivity contribution < 1.29 is 32.3 Å². The van der Waals surface area contributed by atoms with Gasteiger partial charge in [0.05, 0.1) is 28.1 Å². The predicted molar refractivity (Wildman–Crippen MR) is 138 cm³/mol. The molecule has 0 spiro atoms. The number of rotatable bonds is 5. The van der Waals surface area contributed by atoms with E-state index in [1.165, 1.54) is 16.5 Å². The molecule has 1 unspecified atom stereocenters. The second-order valence-corrected chi connectivity index (χ2v) is 10.1. The van der Waals surface area contributed by atoms with Crippen LogP contribution in [-0.2, 0) is 38.1 Å². The SMILES string of the molecule is CC.CCOC=O.Cc1c(NC(=O)CC2Sc3ccc(C(F)(F)F)cc3NC2=O)sc2c1CCCC2. The summed E-state index contributed by atoms with van der Waals surface area (Å²) in [5, 5.41) is 5.58. The fourth-order valence-corrected chi connectivity index (χ4v) is 6.12. The van der Waals surface area contributed by atoms with Crippen molar-refractivity contribution in [3.63, 3.8) is 0 Å². The van der Waals surface area contributed by atoms with Crippen molar-refractivity contribution in [1.29, 1.82) is 0 Å². The Labute approximate surface area is 217 Å². The number of aryl methyl sites for hydroxylation is 1. The van der Waals surface area contributed by atoms with Crippen LogP contribution in [0.1, 0.15) is 61.6 Å². The molecular formula is C25H31F3N2O4S2. The topological polar surface area (TPSA) is 84.5 Å². The van der Waals surface area contributed by atoms with Crippen molar-refractivity contribution >= 4 is 52.1 Å². The second kappa shape index (κ2) is 13.7. The summed E-state index contributed by atoms with van der Waals surface area (Å²) in [6.07, 6.45) is -0.127. The number of hydrogen-bond donors (Lipinski definition) is 2. The van der Waals surface area contributed by atoms with Gasteiger partial charge in [0.15, 0.2) is 0 Å². The molecule has 0 radical (unpaired) electrons. The third-order valence-electron chi connectivity index (χ3n) is 5.42. The van der Waals surface area contributed by atoms with Crippen LogP contribution >= 0.6 is 23.1 Å². The van der Waals surface area contributed by atoms with E-state index in [9.17, 15) is 27.6 Å². The zero-order valence-electron chi connectivity index (χ0n) is 20.7. The first-order chi connectivity index (χ1) is 17.1. The van der Waals surface area contributed by atoms with Gasteiger partial charge < -0.3 is 15.4 Å². The molecule has 1 aliphatic heterocycles. The fourth-order valence-electron chi connectivity index (χ4n) is 3.72. The molecule has 2 heterocycles. The zero-order chi connectivity index (χ0) is 26.9. The Bertz CT molecular complexity index is 1070. The van der Waals surface area contributed by atoms with Gasteiger partial charge >= 0.3 is 6.18 Å². The molecule has 1 atom stereocenters. The third-order valence-corrected chi connectivity index (χ3v) is 8.01. The van der Waals surface area contributed by atoms with E-state index in [0.29, 0.717) is 18.0 Å². The molecule has 4 rings (SSSR count). The van der Waals surface area contributed by atoms with E-state index >= 15 is 0 Å². The number of hydrogen-bond acceptors (Lipinski definition) is 6. The highest BCUT2D eigenvalue weighted by Gasteiger charge is 2.34. The Morgan fingerprint density at radius 2 is 1.94 bits per heavy atom. The number of amides is 2. The van der Waals surface area contributed by atoms with Gasteiger partial charge in [-0.25, -0.2) is 0 Å². The molecule has 2 aromatic rings. The highest BCUT2D eigenvalue weighted by atomic mass is 32.2. The maximum atomic E-state index is 12.9. The minimum Gasteiger partial charge on any atom is -0.468 e. The van der Waals surface area contributed by atoms with Gasteiger partial charge in [-0.3, -0.25) is 14.4 Å². The van der Waals surface area contributed by atoms with E-state index in [-0.39, 0.29) is 18.0 Å². The molecule has 0 saturated carbocycles. The first-order valence-electron chi connectivity index (χ1n) is 11.8. The quantitative estimate of drug-likeness (QED) is 0.414. The Balaban J connectivity index is 0.000000583. The van der Waals surface area contributed by atoms with Crippen LogP contribution in [0.5, 0.6) is 0 Å². The molecule has 0 saturated heterocycles. The number of halogens is 3. The maximum Gasteiger partial charge on any atom is 0.416 e. The third kappa shape index (κ3) is 7.73. The van der Waals surface area contributed by atoms with Gasteiger partial charge in [-0.05, 0) is 68.9 Å². The Morgan fingerprint density at radius 1 is 1.25 bits per heavy atom. The number of ether oxygens (including phenoxy) is 1. The highest BCUT2D eigenvalue weighted by molar-refractivity contribution is 8.01. The van der Waals surface area contributed by atoms with Crippen molar-refractivity contribution in [1.82, 2.24) is 0 Å². The number of anilines is 2. The molecular weight excluding hydrogens is 513 g/mol. The molecule has 11 heteroatoms. The van der Waals surface area contributed by atoms with E-state index < -0.39 is 22.9 Å². The van der Waals surface area contributed by atoms with Gasteiger partial charge in [0.25, 0.3) is 6.47 Å². The highest BCUT2D eigenvalue weighted by Crippen LogP contribution is 2.41. The molecule has 198 valence electrons. The number of carbonyl (C=O) groups is 3. The van der Waals surface area contributed by atoms with Gasteiger partial charge in [0.2, 0.25) is 11.8 Å². The summed E-state index contributed by atoms with van der Waals surface area (Å²) >= 11 is 2.72. The van der Waals surface area contributed by atoms with Crippen LogP contribution in [0.3, 0.4) is 0 Å². The average molecular weight is 545 g/mol. The maximum absolute atomic E-state index is 12.9. The largest absolute Gasteiger partial charge is 0.468 e. The van der Waals surface area contributed by atoms with E-state index in [1.807, 2.05) is 20.8 Å². The lowest BCUT2D eigenvalue weighted by atomic mass is 9.96. The normalized spacial score (nSPS) is 16.1. The Morgan fingerprint density at radius 3 is 2.53 bits per heavy atom. The molecule has 2 amide bonds. The summed E-state index contributed by atoms with van der Waals surface area (Å²) in [6.45, 7) is 8.67. The van der Waals surface area contributed by atoms with Gasteiger partial charge in [-0.15, -0.1) is 23.1 Å². The average Bonchev–Trinajstić information content (AvgIpc) is 3.16. The number of benzene rings is 1. The van der Waals surface area contributed by atoms with Gasteiger partial charge in [-0.2, -0.15) is 13.2 Å². The summed E-state index contributed by atoms with van der Waals surface area (Å²) < 4.78 is 42.7. The smallest absolute Gasteiger partial charge is 0.416 e. The summed E-state index contributed by atoms with van der Waals surface area (Å²) in [5.41, 5.74) is 1.75. The Kier molecular flexibility index (Phi) is 11.3. The summed E-state index contributed by atoms with van der Waals surface area (Å²) in [5.74, 6) is -0.728. The van der Waals surface area contributed by atoms with E-state index in [1.54, 1.807) is 18.3 Å². The van der Waals surface area contributed by atoms with Crippen LogP contribution in [-0.4, -0.2) is 30.1 Å². The number of alkyl halides is 3. The van der Waals surface area contributed by atoms with Crippen LogP contribution in [0, 0.1) is 6.92 Å². The molecule has 1 aromatic heterocycles. The van der Waals surface area contributed by atoms with Crippen LogP contribution in [0.2, 0.25) is 0 Å². The number of carbonyl (C=O) groups excluding carboxylic acids is 3. The van der Waals surface area contributed by atoms with Gasteiger partial charge in [-0.1, -0.05) is 13.8 Å². The lowest BCUT2D eigenvalue weighted by Gasteiger charge is -2.24. The summed E-state index contributed by atoms with van der Waals surface area (Å²) in [4.78, 5) is 35.9. The summed E-state index contributed by atoms with van der Waals surface area (Å²) in [7, 11) is 0. The standard InChI is InChI=1S/C20H19F3N2O2S2.C3H6O2.C2H6/c1-10-12-4-2-3-5-14(12)29-19(10)25-17(26)9-16-18(27)24-13-8-11(20(21,22)23)6-7-15(13)28-16;1-2-5-3-4;1-2/h6-8,16H,2-5,9H2,1H3,(H,24,27)(H,25,26);3H,2H2,1H3;1-2H3. The molecule has 0 bridgehead atoms. The van der Waals surface area contributed by atoms with Crippen LogP contribution in [0.4, 0.5) is 23.9 Å². The van der Waals surface area contributed by atoms with Crippen LogP contribution in [0.15, 0.2) is 23.1 Å². The van der Waals surface area contributed by atoms with E-state index in [2.05, 4.69) is 15.4 Å². The number of nitrogens with one attached hydrogen (secondary N) is 2. The second-order valence-electron chi connectivity index (χ2n) is 7.77. The van der Waals surface area contributed by atoms with Crippen molar-refractivity contribution in [2.45, 2.75) is 76.1 Å². The lowest BCUT2D eigenvalue weighted by molar-refractivity contribution is -0.137. The van der Waals surface area contributed by atoms with Crippen molar-refractivity contribution in [2.75, 3.05) is 17.2 Å². The van der Waals surface area contributed by atoms with E-state index in [4.69, 9.17) is 0 Å². The van der Waals surface area contributed by atoms with Crippen LogP contribution in [0.25, 0.3) is 0 Å². The summed E-state index contributed by atoms with van der Waals surface area (Å²) in [6, 6.07) is 3.25. The van der Waals surface area contributed by atoms with Crippen molar-refractivity contribution in [3.05, 3.63) is 39.8 Å². The van der Waals surface area contributed by atoms with Gasteiger partial charge in [0.1, 0.15) is 0 Å². The van der Waals surface area contributed by atoms with Crippen LogP contribution < -0.4 is 10.6 Å². The molecule has 0 fully saturated rings. The molecule has 36 heavy (non-hydrogen) atoms. The molecule has 1 aliphatic carbocycles. The molecule has 6 nitrogen and oxygen atoms in total. The fraction of sp³-hybridized carbons (Fsp3) is 0.480. The van der Waals surface area contributed by atoms with Crippen molar-refractivity contribution in [2.24, 2.45) is 0 Å². The number of thioether (sulfide) groups is 1. The Hall–Kier alpha value is -2.53. The van der Waals surface area contributed by atoms with E-state index in [0.717, 1.165) is 60.1 Å². The predicted octanol–water partition coefficient (Wildman–Crippen LogP) is 6.60. The monoisotopic (exact) mass is 544 g/mol. The minimum atomic E-state index is -4.47. The lowest BCUT2D eigenvalue weighted by Crippen LogP contribution is -2.32. The molecule has 2 N–H and O–H groups in total. The zero-order valence-corrected chi connectivity index (χ0v) is 22.3. The molecule has 1 aromatic carbocycles. The number of thiophene rings is 1. The van der Waals surface area contributed by atoms with Crippen molar-refractivity contribution in [3.8, 4) is 0 Å². The molecule has 2 aliphatic rings. The number of fused-ring (bicyclic) bond motifs is 2. The first-order valence-corrected chi connectivity index (χ1v) is 13.5. The minimum absolute atomic E-state index is 0.0427. The van der Waals surface area contributed by atoms with Gasteiger partial charge in [0, 0.05) is 16.2 Å².